The van der Waals surface area contributed by atoms with Crippen LogP contribution in [0.2, 0.25) is 0 Å². The van der Waals surface area contributed by atoms with Crippen LogP contribution in [0.5, 0.6) is 11.5 Å². The van der Waals surface area contributed by atoms with Crippen LogP contribution in [-0.4, -0.2) is 16.2 Å². The van der Waals surface area contributed by atoms with Gasteiger partial charge in [0.2, 0.25) is 0 Å². The highest BCUT2D eigenvalue weighted by Gasteiger charge is 2.32. The van der Waals surface area contributed by atoms with Crippen molar-refractivity contribution in [1.29, 1.82) is 0 Å². The van der Waals surface area contributed by atoms with Gasteiger partial charge in [0.05, 0.1) is 17.7 Å². The standard InChI is InChI=1S/C61H66N4O/c1-39(2)44-32-53(40(3)4)59(54(33-44)41(5)6)43-21-18-22-47(29-43)63-37-57(61(10,11)12)64(38-63)48-30-45(42-19-14-13-15-20-42)31-50(35-48)66-49-25-26-52-51-23-16-17-24-55(51)65(56(52)36-49)58-34-46(27-28-62-58)60(7,8)9/h13-37,39-41H,38H2,1-12H3. The van der Waals surface area contributed by atoms with Crippen LogP contribution in [0.1, 0.15) is 123 Å². The molecule has 0 saturated carbocycles. The third-order valence-electron chi connectivity index (χ3n) is 13.3. The molecule has 1 aliphatic rings. The number of para-hydroxylation sites is 1. The van der Waals surface area contributed by atoms with E-state index in [1.165, 1.54) is 50.2 Å². The molecule has 3 heterocycles. The minimum atomic E-state index is -0.144. The predicted molar refractivity (Wildman–Crippen MR) is 281 cm³/mol. The van der Waals surface area contributed by atoms with E-state index < -0.39 is 0 Å². The molecule has 1 aliphatic heterocycles. The Morgan fingerprint density at radius 1 is 0.530 bits per heavy atom. The largest absolute Gasteiger partial charge is 0.457 e. The van der Waals surface area contributed by atoms with Crippen LogP contribution >= 0.6 is 0 Å². The lowest BCUT2D eigenvalue weighted by Crippen LogP contribution is -2.30. The summed E-state index contributed by atoms with van der Waals surface area (Å²) in [6.45, 7) is 28.3. The number of ether oxygens (including phenoxy) is 1. The zero-order chi connectivity index (χ0) is 46.7. The Morgan fingerprint density at radius 3 is 1.88 bits per heavy atom. The van der Waals surface area contributed by atoms with Gasteiger partial charge in [0, 0.05) is 57.8 Å². The smallest absolute Gasteiger partial charge is 0.137 e. The first kappa shape index (κ1) is 44.6. The maximum absolute atomic E-state index is 7.00. The first-order chi connectivity index (χ1) is 31.4. The van der Waals surface area contributed by atoms with Crippen molar-refractivity contribution < 1.29 is 4.74 Å². The van der Waals surface area contributed by atoms with E-state index in [9.17, 15) is 0 Å². The van der Waals surface area contributed by atoms with Crippen LogP contribution in [0.3, 0.4) is 0 Å². The number of fused-ring (bicyclic) bond motifs is 3. The number of hydrogen-bond donors (Lipinski definition) is 0. The molecule has 0 bridgehead atoms. The Morgan fingerprint density at radius 2 is 1.20 bits per heavy atom. The molecule has 0 saturated heterocycles. The molecule has 0 unspecified atom stereocenters. The van der Waals surface area contributed by atoms with Gasteiger partial charge in [-0.2, -0.15) is 0 Å². The van der Waals surface area contributed by atoms with Gasteiger partial charge < -0.3 is 14.5 Å². The fourth-order valence-corrected chi connectivity index (χ4v) is 9.59. The van der Waals surface area contributed by atoms with E-state index in [0.717, 1.165) is 50.6 Å². The average molecular weight is 871 g/mol. The molecule has 66 heavy (non-hydrogen) atoms. The van der Waals surface area contributed by atoms with Gasteiger partial charge in [-0.25, -0.2) is 4.98 Å². The van der Waals surface area contributed by atoms with Crippen molar-refractivity contribution in [2.75, 3.05) is 16.5 Å². The number of aromatic nitrogens is 2. The van der Waals surface area contributed by atoms with Crippen molar-refractivity contribution in [3.63, 3.8) is 0 Å². The van der Waals surface area contributed by atoms with E-state index >= 15 is 0 Å². The molecule has 0 aliphatic carbocycles. The van der Waals surface area contributed by atoms with Gasteiger partial charge in [-0.15, -0.1) is 0 Å². The Hall–Kier alpha value is -6.59. The van der Waals surface area contributed by atoms with Gasteiger partial charge in [0.1, 0.15) is 17.3 Å². The van der Waals surface area contributed by atoms with Crippen LogP contribution in [0.4, 0.5) is 11.4 Å². The molecule has 0 spiro atoms. The van der Waals surface area contributed by atoms with Crippen LogP contribution in [0.15, 0.2) is 158 Å². The number of pyridine rings is 1. The Kier molecular flexibility index (Phi) is 11.7. The Labute approximate surface area is 393 Å². The quantitative estimate of drug-likeness (QED) is 0.137. The van der Waals surface area contributed by atoms with Crippen molar-refractivity contribution >= 4 is 33.2 Å². The van der Waals surface area contributed by atoms with Crippen molar-refractivity contribution in [3.05, 3.63) is 180 Å². The zero-order valence-electron chi connectivity index (χ0n) is 41.1. The van der Waals surface area contributed by atoms with Gasteiger partial charge in [-0.05, 0) is 122 Å². The number of nitrogens with zero attached hydrogens (tertiary/aromatic N) is 4. The van der Waals surface area contributed by atoms with Crippen molar-refractivity contribution in [2.45, 2.75) is 106 Å². The first-order valence-electron chi connectivity index (χ1n) is 23.9. The molecule has 2 aromatic heterocycles. The zero-order valence-corrected chi connectivity index (χ0v) is 41.1. The third-order valence-corrected chi connectivity index (χ3v) is 13.3. The molecule has 0 atom stereocenters. The van der Waals surface area contributed by atoms with E-state index in [1.54, 1.807) is 0 Å². The molecule has 336 valence electrons. The molecular weight excluding hydrogens is 805 g/mol. The molecule has 6 aromatic carbocycles. The van der Waals surface area contributed by atoms with Crippen LogP contribution in [0, 0.1) is 5.41 Å². The van der Waals surface area contributed by atoms with Gasteiger partial charge in [-0.1, -0.05) is 156 Å². The molecule has 5 nitrogen and oxygen atoms in total. The maximum atomic E-state index is 7.00. The fraction of sp³-hybridized carbons (Fsp3) is 0.295. The van der Waals surface area contributed by atoms with E-state index in [0.29, 0.717) is 24.4 Å². The molecule has 5 heteroatoms. The second kappa shape index (κ2) is 17.3. The minimum absolute atomic E-state index is 0.0141. The Bertz CT molecular complexity index is 3070. The highest BCUT2D eigenvalue weighted by molar-refractivity contribution is 6.09. The van der Waals surface area contributed by atoms with Gasteiger partial charge >= 0.3 is 0 Å². The summed E-state index contributed by atoms with van der Waals surface area (Å²) in [5.41, 5.74) is 15.9. The second-order valence-electron chi connectivity index (χ2n) is 21.3. The summed E-state index contributed by atoms with van der Waals surface area (Å²) < 4.78 is 9.28. The fourth-order valence-electron chi connectivity index (χ4n) is 9.59. The summed E-state index contributed by atoms with van der Waals surface area (Å²) in [4.78, 5) is 9.81. The number of benzene rings is 6. The summed E-state index contributed by atoms with van der Waals surface area (Å²) in [6, 6.07) is 50.9. The monoisotopic (exact) mass is 871 g/mol. The number of hydrogen-bond acceptors (Lipinski definition) is 4. The molecule has 0 radical (unpaired) electrons. The highest BCUT2D eigenvalue weighted by Crippen LogP contribution is 2.44. The third kappa shape index (κ3) is 8.64. The lowest BCUT2D eigenvalue weighted by atomic mass is 9.81. The van der Waals surface area contributed by atoms with Crippen molar-refractivity contribution in [3.8, 4) is 39.6 Å². The molecule has 0 fully saturated rings. The van der Waals surface area contributed by atoms with Gasteiger partial charge in [-0.3, -0.25) is 4.57 Å². The average Bonchev–Trinajstić information content (AvgIpc) is 3.89. The lowest BCUT2D eigenvalue weighted by molar-refractivity contribution is 0.481. The van der Waals surface area contributed by atoms with Crippen LogP contribution in [-0.2, 0) is 5.41 Å². The molecule has 0 amide bonds. The molecule has 0 N–H and O–H groups in total. The molecular formula is C61H66N4O. The second-order valence-corrected chi connectivity index (χ2v) is 21.3. The van der Waals surface area contributed by atoms with Gasteiger partial charge in [0.15, 0.2) is 0 Å². The minimum Gasteiger partial charge on any atom is -0.457 e. The van der Waals surface area contributed by atoms with E-state index in [2.05, 4.69) is 243 Å². The summed E-state index contributed by atoms with van der Waals surface area (Å²) in [6.07, 6.45) is 4.29. The van der Waals surface area contributed by atoms with Gasteiger partial charge in [0.25, 0.3) is 0 Å². The van der Waals surface area contributed by atoms with E-state index in [1.807, 2.05) is 6.20 Å². The van der Waals surface area contributed by atoms with Crippen LogP contribution in [0.25, 0.3) is 49.9 Å². The predicted octanol–water partition coefficient (Wildman–Crippen LogP) is 17.1. The molecule has 9 rings (SSSR count). The van der Waals surface area contributed by atoms with Crippen LogP contribution < -0.4 is 14.5 Å². The lowest BCUT2D eigenvalue weighted by Gasteiger charge is -2.31. The SMILES string of the molecule is CC(C)c1cc(C(C)C)c(-c2cccc(N3C=C(C(C)(C)C)N(c4cc(Oc5ccc6c7ccccc7n(-c7cc(C(C)(C)C)ccn7)c6c5)cc(-c5ccccc5)c4)C3)c2)c(C(C)C)c1. The summed E-state index contributed by atoms with van der Waals surface area (Å²) in [7, 11) is 0. The van der Waals surface area contributed by atoms with Crippen molar-refractivity contribution in [1.82, 2.24) is 9.55 Å². The maximum Gasteiger partial charge on any atom is 0.137 e. The molecule has 8 aromatic rings. The Balaban J connectivity index is 1.12. The topological polar surface area (TPSA) is 33.5 Å². The number of allylic oxidation sites excluding steroid dienone is 1. The number of rotatable bonds is 10. The van der Waals surface area contributed by atoms with E-state index in [-0.39, 0.29) is 10.8 Å². The van der Waals surface area contributed by atoms with E-state index in [4.69, 9.17) is 9.72 Å². The number of anilines is 2. The summed E-state index contributed by atoms with van der Waals surface area (Å²) in [5, 5.41) is 2.35. The first-order valence-corrected chi connectivity index (χ1v) is 23.9. The van der Waals surface area contributed by atoms with Crippen molar-refractivity contribution in [2.24, 2.45) is 5.41 Å². The summed E-state index contributed by atoms with van der Waals surface area (Å²) in [5.74, 6) is 3.72. The normalized spacial score (nSPS) is 13.5. The highest BCUT2D eigenvalue weighted by atomic mass is 16.5. The summed E-state index contributed by atoms with van der Waals surface area (Å²) >= 11 is 0.